The van der Waals surface area contributed by atoms with Crippen molar-refractivity contribution >= 4 is 0 Å². The van der Waals surface area contributed by atoms with Gasteiger partial charge in [0.05, 0.1) is 17.8 Å². The number of rotatable bonds is 2. The van der Waals surface area contributed by atoms with Crippen LogP contribution >= 0.6 is 0 Å². The van der Waals surface area contributed by atoms with Crippen LogP contribution in [0.3, 0.4) is 0 Å². The summed E-state index contributed by atoms with van der Waals surface area (Å²) in [6.45, 7) is 7.20. The Morgan fingerprint density at radius 3 is 2.93 bits per heavy atom. The van der Waals surface area contributed by atoms with Crippen molar-refractivity contribution in [3.05, 3.63) is 12.2 Å². The van der Waals surface area contributed by atoms with Crippen LogP contribution < -0.4 is 0 Å². The maximum absolute atomic E-state index is 5.94. The van der Waals surface area contributed by atoms with Crippen LogP contribution in [0.15, 0.2) is 12.2 Å². The van der Waals surface area contributed by atoms with Gasteiger partial charge in [-0.15, -0.1) is 0 Å². The molecule has 3 atom stereocenters. The Morgan fingerprint density at radius 2 is 2.21 bits per heavy atom. The molecule has 1 fully saturated rings. The molecule has 0 spiro atoms. The third-order valence-electron chi connectivity index (χ3n) is 3.10. The SMILES string of the molecule is CCO[C@@H]1C=C[C@H]2OC(C)(C)C[C@H]2C1. The highest BCUT2D eigenvalue weighted by atomic mass is 16.5. The van der Waals surface area contributed by atoms with Gasteiger partial charge in [0.25, 0.3) is 0 Å². The van der Waals surface area contributed by atoms with Crippen molar-refractivity contribution in [1.29, 1.82) is 0 Å². The highest BCUT2D eigenvalue weighted by Crippen LogP contribution is 2.40. The predicted molar refractivity (Wildman–Crippen MR) is 56.2 cm³/mol. The highest BCUT2D eigenvalue weighted by Gasteiger charge is 2.41. The van der Waals surface area contributed by atoms with Gasteiger partial charge in [0.1, 0.15) is 0 Å². The van der Waals surface area contributed by atoms with Crippen molar-refractivity contribution in [1.82, 2.24) is 0 Å². The minimum atomic E-state index is 0.0563. The summed E-state index contributed by atoms with van der Waals surface area (Å²) >= 11 is 0. The second kappa shape index (κ2) is 3.67. The zero-order chi connectivity index (χ0) is 10.2. The summed E-state index contributed by atoms with van der Waals surface area (Å²) in [6.07, 6.45) is 7.28. The Labute approximate surface area is 86.3 Å². The molecule has 1 heterocycles. The number of fused-ring (bicyclic) bond motifs is 1. The zero-order valence-corrected chi connectivity index (χ0v) is 9.32. The van der Waals surface area contributed by atoms with E-state index in [2.05, 4.69) is 32.9 Å². The molecule has 14 heavy (non-hydrogen) atoms. The molecule has 1 saturated heterocycles. The van der Waals surface area contributed by atoms with E-state index in [0.29, 0.717) is 18.1 Å². The van der Waals surface area contributed by atoms with Crippen molar-refractivity contribution in [2.75, 3.05) is 6.61 Å². The van der Waals surface area contributed by atoms with Crippen molar-refractivity contribution in [3.63, 3.8) is 0 Å². The van der Waals surface area contributed by atoms with E-state index in [1.54, 1.807) is 0 Å². The standard InChI is InChI=1S/C12H20O2/c1-4-13-10-5-6-11-9(7-10)8-12(2,3)14-11/h5-6,9-11H,4,7-8H2,1-3H3/t9-,10-,11-/m1/s1. The van der Waals surface area contributed by atoms with Crippen LogP contribution in [-0.4, -0.2) is 24.4 Å². The molecule has 0 aromatic heterocycles. The summed E-state index contributed by atoms with van der Waals surface area (Å²) in [5.41, 5.74) is 0.0563. The lowest BCUT2D eigenvalue weighted by Gasteiger charge is -2.25. The lowest BCUT2D eigenvalue weighted by atomic mass is 9.86. The summed E-state index contributed by atoms with van der Waals surface area (Å²) in [5, 5.41) is 0. The molecule has 0 aromatic carbocycles. The fraction of sp³-hybridized carbons (Fsp3) is 0.833. The van der Waals surface area contributed by atoms with Crippen molar-refractivity contribution in [3.8, 4) is 0 Å². The van der Waals surface area contributed by atoms with Gasteiger partial charge in [-0.3, -0.25) is 0 Å². The minimum absolute atomic E-state index is 0.0563. The molecule has 1 aliphatic carbocycles. The van der Waals surface area contributed by atoms with Gasteiger partial charge in [-0.2, -0.15) is 0 Å². The smallest absolute Gasteiger partial charge is 0.0794 e. The van der Waals surface area contributed by atoms with Gasteiger partial charge in [-0.05, 0) is 39.5 Å². The second-order valence-electron chi connectivity index (χ2n) is 4.92. The Bertz CT molecular complexity index is 232. The average molecular weight is 196 g/mol. The Hall–Kier alpha value is -0.340. The van der Waals surface area contributed by atoms with Crippen molar-refractivity contribution < 1.29 is 9.47 Å². The van der Waals surface area contributed by atoms with Gasteiger partial charge in [0, 0.05) is 6.61 Å². The van der Waals surface area contributed by atoms with Gasteiger partial charge in [-0.25, -0.2) is 0 Å². The molecule has 2 heteroatoms. The molecule has 1 aliphatic heterocycles. The third kappa shape index (κ3) is 2.01. The maximum atomic E-state index is 5.94. The van der Waals surface area contributed by atoms with Crippen LogP contribution in [0.2, 0.25) is 0 Å². The number of ether oxygens (including phenoxy) is 2. The van der Waals surface area contributed by atoms with E-state index in [-0.39, 0.29) is 5.60 Å². The van der Waals surface area contributed by atoms with E-state index in [0.717, 1.165) is 19.4 Å². The van der Waals surface area contributed by atoms with Gasteiger partial charge in [0.15, 0.2) is 0 Å². The molecule has 0 N–H and O–H groups in total. The number of hydrogen-bond donors (Lipinski definition) is 0. The fourth-order valence-electron chi connectivity index (χ4n) is 2.62. The Balaban J connectivity index is 1.99. The summed E-state index contributed by atoms with van der Waals surface area (Å²) in [7, 11) is 0. The molecular formula is C12H20O2. The number of hydrogen-bond acceptors (Lipinski definition) is 2. The summed E-state index contributed by atoms with van der Waals surface area (Å²) in [6, 6.07) is 0. The minimum Gasteiger partial charge on any atom is -0.374 e. The maximum Gasteiger partial charge on any atom is 0.0794 e. The second-order valence-corrected chi connectivity index (χ2v) is 4.92. The summed E-state index contributed by atoms with van der Waals surface area (Å²) in [5.74, 6) is 0.659. The monoisotopic (exact) mass is 196 g/mol. The summed E-state index contributed by atoms with van der Waals surface area (Å²) < 4.78 is 11.6. The first-order valence-corrected chi connectivity index (χ1v) is 5.58. The Kier molecular flexibility index (Phi) is 2.67. The lowest BCUT2D eigenvalue weighted by molar-refractivity contribution is -0.00737. The highest BCUT2D eigenvalue weighted by molar-refractivity contribution is 5.08. The van der Waals surface area contributed by atoms with Gasteiger partial charge >= 0.3 is 0 Å². The van der Waals surface area contributed by atoms with Crippen LogP contribution in [0.5, 0.6) is 0 Å². The molecule has 0 aromatic rings. The van der Waals surface area contributed by atoms with E-state index >= 15 is 0 Å². The third-order valence-corrected chi connectivity index (χ3v) is 3.10. The van der Waals surface area contributed by atoms with Crippen molar-refractivity contribution in [2.45, 2.75) is 51.4 Å². The molecule has 0 amide bonds. The molecule has 0 saturated carbocycles. The van der Waals surface area contributed by atoms with Crippen LogP contribution in [0, 0.1) is 5.92 Å². The van der Waals surface area contributed by atoms with E-state index in [4.69, 9.17) is 9.47 Å². The van der Waals surface area contributed by atoms with E-state index in [1.165, 1.54) is 0 Å². The van der Waals surface area contributed by atoms with Gasteiger partial charge in [0.2, 0.25) is 0 Å². The van der Waals surface area contributed by atoms with Crippen LogP contribution in [0.4, 0.5) is 0 Å². The molecule has 2 rings (SSSR count). The first-order valence-electron chi connectivity index (χ1n) is 5.58. The average Bonchev–Trinajstić information content (AvgIpc) is 2.38. The largest absolute Gasteiger partial charge is 0.374 e. The van der Waals surface area contributed by atoms with E-state index < -0.39 is 0 Å². The van der Waals surface area contributed by atoms with E-state index in [1.807, 2.05) is 0 Å². The van der Waals surface area contributed by atoms with Crippen LogP contribution in [0.25, 0.3) is 0 Å². The van der Waals surface area contributed by atoms with E-state index in [9.17, 15) is 0 Å². The van der Waals surface area contributed by atoms with Crippen LogP contribution in [-0.2, 0) is 9.47 Å². The molecular weight excluding hydrogens is 176 g/mol. The van der Waals surface area contributed by atoms with Gasteiger partial charge < -0.3 is 9.47 Å². The van der Waals surface area contributed by atoms with Crippen molar-refractivity contribution in [2.24, 2.45) is 5.92 Å². The molecule has 0 radical (unpaired) electrons. The molecule has 80 valence electrons. The fourth-order valence-corrected chi connectivity index (χ4v) is 2.62. The zero-order valence-electron chi connectivity index (χ0n) is 9.32. The normalized spacial score (nSPS) is 39.8. The topological polar surface area (TPSA) is 18.5 Å². The quantitative estimate of drug-likeness (QED) is 0.632. The summed E-state index contributed by atoms with van der Waals surface area (Å²) in [4.78, 5) is 0. The molecule has 0 bridgehead atoms. The molecule has 2 nitrogen and oxygen atoms in total. The molecule has 2 aliphatic rings. The first-order chi connectivity index (χ1) is 6.61. The predicted octanol–water partition coefficient (Wildman–Crippen LogP) is 2.54. The first kappa shape index (κ1) is 10.2. The Morgan fingerprint density at radius 1 is 1.43 bits per heavy atom. The molecule has 0 unspecified atom stereocenters. The lowest BCUT2D eigenvalue weighted by Crippen LogP contribution is -2.25. The van der Waals surface area contributed by atoms with Gasteiger partial charge in [-0.1, -0.05) is 12.2 Å². The van der Waals surface area contributed by atoms with Crippen LogP contribution in [0.1, 0.15) is 33.6 Å².